The zero-order chi connectivity index (χ0) is 25.3. The molecular weight excluding hydrogens is 465 g/mol. The second kappa shape index (κ2) is 9.36. The van der Waals surface area contributed by atoms with Crippen molar-refractivity contribution in [2.45, 2.75) is 19.5 Å². The van der Waals surface area contributed by atoms with Gasteiger partial charge in [-0.25, -0.2) is 4.79 Å². The molecule has 2 aromatic rings. The number of esters is 1. The predicted molar refractivity (Wildman–Crippen MR) is 119 cm³/mol. The standard InChI is InChI=1S/C25H21F3N2O5/c1-14-5-4-6-17-21(14)23(33)30(22(17)32)16-11-9-15(10-12-16)24(34)35-13-20(31)29-19-8-3-2-7-18(19)25(26,27)28/h2-5,7-12,14,17,21H,6,13H2,1H3,(H,29,31)/t14-,17+,21+/m1/s1. The number of anilines is 2. The maximum absolute atomic E-state index is 13.0. The van der Waals surface area contributed by atoms with Gasteiger partial charge in [0.15, 0.2) is 6.61 Å². The second-order valence-corrected chi connectivity index (χ2v) is 8.38. The number of carbonyl (C=O) groups excluding carboxylic acids is 4. The van der Waals surface area contributed by atoms with Crippen molar-refractivity contribution in [1.82, 2.24) is 0 Å². The number of halogens is 3. The van der Waals surface area contributed by atoms with Crippen LogP contribution in [0, 0.1) is 17.8 Å². The lowest BCUT2D eigenvalue weighted by Gasteiger charge is -2.22. The molecule has 1 saturated heterocycles. The molecule has 2 aromatic carbocycles. The molecule has 1 aliphatic heterocycles. The van der Waals surface area contributed by atoms with E-state index >= 15 is 0 Å². The summed E-state index contributed by atoms with van der Waals surface area (Å²) in [5.74, 6) is -3.29. The zero-order valence-electron chi connectivity index (χ0n) is 18.5. The van der Waals surface area contributed by atoms with Crippen molar-refractivity contribution in [3.63, 3.8) is 0 Å². The average Bonchev–Trinajstić information content (AvgIpc) is 3.08. The van der Waals surface area contributed by atoms with Gasteiger partial charge in [0, 0.05) is 0 Å². The number of fused-ring (bicyclic) bond motifs is 1. The van der Waals surface area contributed by atoms with E-state index < -0.39 is 47.7 Å². The van der Waals surface area contributed by atoms with Crippen molar-refractivity contribution in [2.75, 3.05) is 16.8 Å². The summed E-state index contributed by atoms with van der Waals surface area (Å²) in [4.78, 5) is 51.1. The van der Waals surface area contributed by atoms with Crippen molar-refractivity contribution in [2.24, 2.45) is 17.8 Å². The average molecular weight is 486 g/mol. The predicted octanol–water partition coefficient (Wildman–Crippen LogP) is 4.20. The Hall–Kier alpha value is -3.95. The van der Waals surface area contributed by atoms with Crippen LogP contribution in [0.15, 0.2) is 60.7 Å². The van der Waals surface area contributed by atoms with Gasteiger partial charge in [0.25, 0.3) is 5.91 Å². The molecule has 1 heterocycles. The Labute approximate surface area is 198 Å². The molecule has 0 radical (unpaired) electrons. The number of hydrogen-bond acceptors (Lipinski definition) is 5. The molecule has 1 N–H and O–H groups in total. The Morgan fingerprint density at radius 2 is 1.74 bits per heavy atom. The van der Waals surface area contributed by atoms with Crippen LogP contribution in [0.25, 0.3) is 0 Å². The molecule has 0 aromatic heterocycles. The van der Waals surface area contributed by atoms with Crippen molar-refractivity contribution in [3.05, 3.63) is 71.8 Å². The first-order chi connectivity index (χ1) is 16.6. The maximum atomic E-state index is 13.0. The molecule has 0 unspecified atom stereocenters. The van der Waals surface area contributed by atoms with E-state index in [9.17, 15) is 32.3 Å². The van der Waals surface area contributed by atoms with Crippen LogP contribution in [0.2, 0.25) is 0 Å². The van der Waals surface area contributed by atoms with E-state index in [1.54, 1.807) is 0 Å². The van der Waals surface area contributed by atoms with E-state index in [-0.39, 0.29) is 23.3 Å². The van der Waals surface area contributed by atoms with Crippen molar-refractivity contribution < 1.29 is 37.1 Å². The van der Waals surface area contributed by atoms with Gasteiger partial charge in [-0.15, -0.1) is 0 Å². The summed E-state index contributed by atoms with van der Waals surface area (Å²) in [6.07, 6.45) is -0.340. The van der Waals surface area contributed by atoms with Crippen LogP contribution in [0.1, 0.15) is 29.3 Å². The third-order valence-electron chi connectivity index (χ3n) is 6.07. The van der Waals surface area contributed by atoms with Gasteiger partial charge in [0.05, 0.1) is 34.3 Å². The number of allylic oxidation sites excluding steroid dienone is 2. The van der Waals surface area contributed by atoms with Gasteiger partial charge in [-0.05, 0) is 48.7 Å². The van der Waals surface area contributed by atoms with Crippen LogP contribution < -0.4 is 10.2 Å². The molecule has 0 bridgehead atoms. The van der Waals surface area contributed by atoms with Crippen LogP contribution in [0.4, 0.5) is 24.5 Å². The van der Waals surface area contributed by atoms with Crippen LogP contribution in [0.5, 0.6) is 0 Å². The second-order valence-electron chi connectivity index (χ2n) is 8.38. The molecule has 2 aliphatic rings. The molecule has 182 valence electrons. The lowest BCUT2D eigenvalue weighted by Crippen LogP contribution is -2.31. The van der Waals surface area contributed by atoms with Gasteiger partial charge in [-0.2, -0.15) is 13.2 Å². The number of benzene rings is 2. The van der Waals surface area contributed by atoms with E-state index in [0.717, 1.165) is 17.0 Å². The number of rotatable bonds is 5. The summed E-state index contributed by atoms with van der Waals surface area (Å²) in [6.45, 7) is 1.09. The van der Waals surface area contributed by atoms with Crippen LogP contribution in [-0.4, -0.2) is 30.3 Å². The van der Waals surface area contributed by atoms with Gasteiger partial charge >= 0.3 is 12.1 Å². The summed E-state index contributed by atoms with van der Waals surface area (Å²) >= 11 is 0. The topological polar surface area (TPSA) is 92.8 Å². The van der Waals surface area contributed by atoms with E-state index in [4.69, 9.17) is 4.74 Å². The largest absolute Gasteiger partial charge is 0.452 e. The van der Waals surface area contributed by atoms with Crippen LogP contribution in [0.3, 0.4) is 0 Å². The Balaban J connectivity index is 1.38. The van der Waals surface area contributed by atoms with Gasteiger partial charge in [0.1, 0.15) is 0 Å². The normalized spacial score (nSPS) is 21.6. The molecule has 3 atom stereocenters. The Bertz CT molecular complexity index is 1210. The lowest BCUT2D eigenvalue weighted by atomic mass is 9.78. The molecule has 4 rings (SSSR count). The molecule has 10 heteroatoms. The van der Waals surface area contributed by atoms with Crippen molar-refractivity contribution >= 4 is 35.1 Å². The van der Waals surface area contributed by atoms with E-state index in [2.05, 4.69) is 5.32 Å². The number of alkyl halides is 3. The number of carbonyl (C=O) groups is 4. The highest BCUT2D eigenvalue weighted by molar-refractivity contribution is 6.22. The fourth-order valence-corrected chi connectivity index (χ4v) is 4.39. The number of ether oxygens (including phenoxy) is 1. The molecular formula is C25H21F3N2O5. The van der Waals surface area contributed by atoms with Crippen molar-refractivity contribution in [1.29, 1.82) is 0 Å². The minimum Gasteiger partial charge on any atom is -0.452 e. The van der Waals surface area contributed by atoms with E-state index in [0.29, 0.717) is 12.1 Å². The third kappa shape index (κ3) is 4.82. The summed E-state index contributed by atoms with van der Waals surface area (Å²) in [7, 11) is 0. The lowest BCUT2D eigenvalue weighted by molar-refractivity contribution is -0.137. The quantitative estimate of drug-likeness (QED) is 0.389. The van der Waals surface area contributed by atoms with E-state index in [1.807, 2.05) is 19.1 Å². The van der Waals surface area contributed by atoms with Crippen LogP contribution in [-0.2, 0) is 25.3 Å². The van der Waals surface area contributed by atoms with Gasteiger partial charge < -0.3 is 10.1 Å². The Kier molecular flexibility index (Phi) is 6.47. The highest BCUT2D eigenvalue weighted by atomic mass is 19.4. The van der Waals surface area contributed by atoms with Crippen molar-refractivity contribution in [3.8, 4) is 0 Å². The van der Waals surface area contributed by atoms with Crippen LogP contribution >= 0.6 is 0 Å². The van der Waals surface area contributed by atoms with Gasteiger partial charge in [-0.1, -0.05) is 31.2 Å². The monoisotopic (exact) mass is 486 g/mol. The first kappa shape index (κ1) is 24.2. The van der Waals surface area contributed by atoms with E-state index in [1.165, 1.54) is 36.4 Å². The maximum Gasteiger partial charge on any atom is 0.418 e. The highest BCUT2D eigenvalue weighted by Gasteiger charge is 2.50. The fourth-order valence-electron chi connectivity index (χ4n) is 4.39. The number of imide groups is 1. The van der Waals surface area contributed by atoms with Gasteiger partial charge in [-0.3, -0.25) is 19.3 Å². The summed E-state index contributed by atoms with van der Waals surface area (Å²) in [5, 5.41) is 2.08. The molecule has 35 heavy (non-hydrogen) atoms. The molecule has 1 fully saturated rings. The minimum absolute atomic E-state index is 0.0452. The first-order valence-electron chi connectivity index (χ1n) is 10.9. The third-order valence-corrected chi connectivity index (χ3v) is 6.07. The molecule has 7 nitrogen and oxygen atoms in total. The summed E-state index contributed by atoms with van der Waals surface area (Å²) < 4.78 is 44.0. The molecule has 0 spiro atoms. The number of nitrogens with zero attached hydrogens (tertiary/aromatic N) is 1. The zero-order valence-corrected chi connectivity index (χ0v) is 18.5. The summed E-state index contributed by atoms with van der Waals surface area (Å²) in [6, 6.07) is 10.00. The first-order valence-corrected chi connectivity index (χ1v) is 10.9. The smallest absolute Gasteiger partial charge is 0.418 e. The Morgan fingerprint density at radius 3 is 2.40 bits per heavy atom. The summed E-state index contributed by atoms with van der Waals surface area (Å²) in [5.41, 5.74) is -1.11. The van der Waals surface area contributed by atoms with Gasteiger partial charge in [0.2, 0.25) is 11.8 Å². The highest BCUT2D eigenvalue weighted by Crippen LogP contribution is 2.40. The molecule has 3 amide bonds. The Morgan fingerprint density at radius 1 is 1.06 bits per heavy atom. The fraction of sp³-hybridized carbons (Fsp3) is 0.280. The number of para-hydroxylation sites is 1. The number of nitrogens with one attached hydrogen (secondary N) is 1. The number of hydrogen-bond donors (Lipinski definition) is 1. The SMILES string of the molecule is C[C@@H]1C=CC[C@@H]2C(=O)N(c3ccc(C(=O)OCC(=O)Nc4ccccc4C(F)(F)F)cc3)C(=O)[C@@H]12. The molecule has 0 saturated carbocycles. The minimum atomic E-state index is -4.66. The molecule has 1 aliphatic carbocycles. The number of amides is 3.